The minimum atomic E-state index is 0.750. The molecule has 2 aromatic rings. The van der Waals surface area contributed by atoms with Crippen LogP contribution < -0.4 is 5.32 Å². The number of anilines is 1. The molecule has 0 saturated heterocycles. The summed E-state index contributed by atoms with van der Waals surface area (Å²) in [6, 6.07) is 4.10. The Labute approximate surface area is 107 Å². The summed E-state index contributed by atoms with van der Waals surface area (Å²) < 4.78 is 1.83. The Bertz CT molecular complexity index is 546. The van der Waals surface area contributed by atoms with Crippen LogP contribution in [-0.2, 0) is 0 Å². The van der Waals surface area contributed by atoms with E-state index in [0.29, 0.717) is 0 Å². The Morgan fingerprint density at radius 1 is 1.44 bits per heavy atom. The Kier molecular flexibility index (Phi) is 2.94. The summed E-state index contributed by atoms with van der Waals surface area (Å²) in [5.74, 6) is 2.36. The molecule has 2 atom stereocenters. The molecule has 2 heterocycles. The van der Waals surface area contributed by atoms with Crippen molar-refractivity contribution in [2.45, 2.75) is 33.1 Å². The van der Waals surface area contributed by atoms with Gasteiger partial charge < -0.3 is 5.32 Å². The molecule has 1 N–H and O–H groups in total. The maximum absolute atomic E-state index is 4.50. The zero-order chi connectivity index (χ0) is 12.5. The van der Waals surface area contributed by atoms with E-state index in [1.54, 1.807) is 0 Å². The third-order valence-corrected chi connectivity index (χ3v) is 4.05. The lowest BCUT2D eigenvalue weighted by Gasteiger charge is -2.14. The highest BCUT2D eigenvalue weighted by Crippen LogP contribution is 2.30. The van der Waals surface area contributed by atoms with Crippen LogP contribution in [0.4, 0.5) is 5.95 Å². The molecule has 0 bridgehead atoms. The van der Waals surface area contributed by atoms with Crippen LogP contribution in [0.3, 0.4) is 0 Å². The predicted octanol–water partition coefficient (Wildman–Crippen LogP) is 2.89. The normalized spacial score (nSPS) is 23.7. The highest BCUT2D eigenvalue weighted by molar-refractivity contribution is 5.45. The van der Waals surface area contributed by atoms with E-state index in [-0.39, 0.29) is 0 Å². The van der Waals surface area contributed by atoms with Crippen LogP contribution in [0.5, 0.6) is 0 Å². The van der Waals surface area contributed by atoms with Crippen LogP contribution in [0.25, 0.3) is 5.65 Å². The van der Waals surface area contributed by atoms with Crippen molar-refractivity contribution in [1.29, 1.82) is 0 Å². The highest BCUT2D eigenvalue weighted by Gasteiger charge is 2.23. The van der Waals surface area contributed by atoms with Crippen LogP contribution in [0.15, 0.2) is 18.3 Å². The molecule has 2 aromatic heterocycles. The monoisotopic (exact) mass is 244 g/mol. The van der Waals surface area contributed by atoms with E-state index in [9.17, 15) is 0 Å². The van der Waals surface area contributed by atoms with Gasteiger partial charge in [0.2, 0.25) is 5.95 Å². The van der Waals surface area contributed by atoms with Crippen LogP contribution >= 0.6 is 0 Å². The fourth-order valence-corrected chi connectivity index (χ4v) is 2.81. The minimum absolute atomic E-state index is 0.750. The van der Waals surface area contributed by atoms with Crippen molar-refractivity contribution in [2.24, 2.45) is 11.8 Å². The van der Waals surface area contributed by atoms with E-state index >= 15 is 0 Å². The summed E-state index contributed by atoms with van der Waals surface area (Å²) in [4.78, 5) is 4.50. The van der Waals surface area contributed by atoms with Gasteiger partial charge in [0, 0.05) is 12.7 Å². The summed E-state index contributed by atoms with van der Waals surface area (Å²) in [5.41, 5.74) is 2.13. The molecule has 18 heavy (non-hydrogen) atoms. The first-order valence-corrected chi connectivity index (χ1v) is 6.79. The predicted molar refractivity (Wildman–Crippen MR) is 72.7 cm³/mol. The average molecular weight is 244 g/mol. The van der Waals surface area contributed by atoms with Gasteiger partial charge in [-0.05, 0) is 42.9 Å². The molecule has 0 spiro atoms. The lowest BCUT2D eigenvalue weighted by Crippen LogP contribution is -2.17. The smallest absolute Gasteiger partial charge is 0.243 e. The van der Waals surface area contributed by atoms with Crippen LogP contribution in [0.2, 0.25) is 0 Å². The SMILES string of the molecule is Cc1ccn2nc(NCC3CCCC3C)nc2c1. The number of rotatable bonds is 3. The Balaban J connectivity index is 1.71. The second-order valence-corrected chi connectivity index (χ2v) is 5.49. The summed E-state index contributed by atoms with van der Waals surface area (Å²) in [7, 11) is 0. The number of aromatic nitrogens is 3. The van der Waals surface area contributed by atoms with E-state index < -0.39 is 0 Å². The van der Waals surface area contributed by atoms with E-state index in [1.165, 1.54) is 24.8 Å². The second-order valence-electron chi connectivity index (χ2n) is 5.49. The largest absolute Gasteiger partial charge is 0.353 e. The van der Waals surface area contributed by atoms with Gasteiger partial charge in [-0.25, -0.2) is 4.52 Å². The van der Waals surface area contributed by atoms with Crippen molar-refractivity contribution in [1.82, 2.24) is 14.6 Å². The Hall–Kier alpha value is -1.58. The van der Waals surface area contributed by atoms with E-state index in [2.05, 4.69) is 35.3 Å². The highest BCUT2D eigenvalue weighted by atomic mass is 15.3. The molecular formula is C14H20N4. The average Bonchev–Trinajstić information content (AvgIpc) is 2.92. The topological polar surface area (TPSA) is 42.2 Å². The third-order valence-electron chi connectivity index (χ3n) is 4.05. The van der Waals surface area contributed by atoms with Gasteiger partial charge in [0.1, 0.15) is 0 Å². The molecule has 0 amide bonds. The van der Waals surface area contributed by atoms with Gasteiger partial charge in [-0.3, -0.25) is 0 Å². The van der Waals surface area contributed by atoms with Crippen molar-refractivity contribution in [3.8, 4) is 0 Å². The molecule has 1 saturated carbocycles. The van der Waals surface area contributed by atoms with Crippen molar-refractivity contribution in [3.05, 3.63) is 23.9 Å². The van der Waals surface area contributed by atoms with Gasteiger partial charge in [-0.15, -0.1) is 5.10 Å². The number of fused-ring (bicyclic) bond motifs is 1. The third kappa shape index (κ3) is 2.19. The number of nitrogens with one attached hydrogen (secondary N) is 1. The molecule has 1 aliphatic rings. The van der Waals surface area contributed by atoms with Crippen molar-refractivity contribution < 1.29 is 0 Å². The molecule has 0 aliphatic heterocycles. The van der Waals surface area contributed by atoms with Gasteiger partial charge in [-0.2, -0.15) is 4.98 Å². The molecule has 0 radical (unpaired) electrons. The first-order chi connectivity index (χ1) is 8.72. The van der Waals surface area contributed by atoms with Gasteiger partial charge in [-0.1, -0.05) is 19.8 Å². The molecular weight excluding hydrogens is 224 g/mol. The zero-order valence-corrected chi connectivity index (χ0v) is 11.1. The maximum Gasteiger partial charge on any atom is 0.243 e. The first kappa shape index (κ1) is 11.5. The number of hydrogen-bond donors (Lipinski definition) is 1. The fourth-order valence-electron chi connectivity index (χ4n) is 2.81. The molecule has 0 aromatic carbocycles. The number of aryl methyl sites for hydroxylation is 1. The molecule has 3 rings (SSSR count). The van der Waals surface area contributed by atoms with Crippen molar-refractivity contribution >= 4 is 11.6 Å². The van der Waals surface area contributed by atoms with Crippen molar-refractivity contribution in [3.63, 3.8) is 0 Å². The lowest BCUT2D eigenvalue weighted by atomic mass is 9.98. The van der Waals surface area contributed by atoms with Gasteiger partial charge in [0.15, 0.2) is 5.65 Å². The summed E-state index contributed by atoms with van der Waals surface area (Å²) >= 11 is 0. The standard InChI is InChI=1S/C14H20N4/c1-10-6-7-18-13(8-10)16-14(17-18)15-9-12-5-3-4-11(12)2/h6-8,11-12H,3-5,9H2,1-2H3,(H,15,17). The fraction of sp³-hybridized carbons (Fsp3) is 0.571. The maximum atomic E-state index is 4.50. The van der Waals surface area contributed by atoms with Gasteiger partial charge >= 0.3 is 0 Å². The van der Waals surface area contributed by atoms with Gasteiger partial charge in [0.25, 0.3) is 0 Å². The summed E-state index contributed by atoms with van der Waals surface area (Å²) in [6.07, 6.45) is 6.02. The molecule has 4 heteroatoms. The van der Waals surface area contributed by atoms with E-state index in [1.807, 2.05) is 16.8 Å². The van der Waals surface area contributed by atoms with Crippen molar-refractivity contribution in [2.75, 3.05) is 11.9 Å². The summed E-state index contributed by atoms with van der Waals surface area (Å²) in [5, 5.41) is 7.82. The quantitative estimate of drug-likeness (QED) is 0.902. The Morgan fingerprint density at radius 3 is 3.11 bits per heavy atom. The minimum Gasteiger partial charge on any atom is -0.353 e. The first-order valence-electron chi connectivity index (χ1n) is 6.79. The van der Waals surface area contributed by atoms with Crippen LogP contribution in [-0.4, -0.2) is 21.1 Å². The lowest BCUT2D eigenvalue weighted by molar-refractivity contribution is 0.439. The summed E-state index contributed by atoms with van der Waals surface area (Å²) in [6.45, 7) is 5.42. The second kappa shape index (κ2) is 4.59. The zero-order valence-electron chi connectivity index (χ0n) is 11.1. The molecule has 1 fully saturated rings. The van der Waals surface area contributed by atoms with E-state index in [4.69, 9.17) is 0 Å². The number of pyridine rings is 1. The van der Waals surface area contributed by atoms with Crippen LogP contribution in [0, 0.1) is 18.8 Å². The number of hydrogen-bond acceptors (Lipinski definition) is 3. The van der Waals surface area contributed by atoms with E-state index in [0.717, 1.165) is 30.0 Å². The molecule has 4 nitrogen and oxygen atoms in total. The molecule has 2 unspecified atom stereocenters. The Morgan fingerprint density at radius 2 is 2.33 bits per heavy atom. The molecule has 96 valence electrons. The van der Waals surface area contributed by atoms with Gasteiger partial charge in [0.05, 0.1) is 0 Å². The number of nitrogens with zero attached hydrogens (tertiary/aromatic N) is 3. The molecule has 1 aliphatic carbocycles. The van der Waals surface area contributed by atoms with Crippen LogP contribution in [0.1, 0.15) is 31.7 Å².